The molecule has 0 radical (unpaired) electrons. The number of hydrogen-bond acceptors (Lipinski definition) is 2. The summed E-state index contributed by atoms with van der Waals surface area (Å²) >= 11 is 0. The molecule has 0 spiro atoms. The van der Waals surface area contributed by atoms with Crippen LogP contribution in [0.2, 0.25) is 0 Å². The Labute approximate surface area is 132 Å². The molecule has 0 amide bonds. The number of hydrogen-bond donors (Lipinski definition) is 1. The van der Waals surface area contributed by atoms with Crippen molar-refractivity contribution in [3.63, 3.8) is 0 Å². The van der Waals surface area contributed by atoms with Crippen molar-refractivity contribution in [2.75, 3.05) is 7.05 Å². The predicted molar refractivity (Wildman–Crippen MR) is 91.2 cm³/mol. The van der Waals surface area contributed by atoms with Gasteiger partial charge in [0.1, 0.15) is 0 Å². The average molecular weight is 296 g/mol. The Kier molecular flexibility index (Phi) is 4.44. The maximum Gasteiger partial charge on any atom is 0.255 e. The van der Waals surface area contributed by atoms with E-state index in [0.29, 0.717) is 13.1 Å². The van der Waals surface area contributed by atoms with Gasteiger partial charge in [-0.2, -0.15) is 0 Å². The van der Waals surface area contributed by atoms with Crippen molar-refractivity contribution in [1.82, 2.24) is 9.88 Å². The van der Waals surface area contributed by atoms with E-state index >= 15 is 0 Å². The molecule has 3 nitrogen and oxygen atoms in total. The smallest absolute Gasteiger partial charge is 0.255 e. The number of nitrogens with zero attached hydrogens (tertiary/aromatic N) is 1. The first-order valence-electron chi connectivity index (χ1n) is 8.24. The summed E-state index contributed by atoms with van der Waals surface area (Å²) in [6, 6.07) is 10.7. The minimum Gasteiger partial charge on any atom is -0.315 e. The van der Waals surface area contributed by atoms with Crippen LogP contribution < -0.4 is 10.9 Å². The van der Waals surface area contributed by atoms with E-state index in [4.69, 9.17) is 0 Å². The number of aromatic nitrogens is 1. The molecule has 0 atom stereocenters. The summed E-state index contributed by atoms with van der Waals surface area (Å²) in [6.45, 7) is 3.35. The molecule has 0 aliphatic heterocycles. The molecule has 3 rings (SSSR count). The van der Waals surface area contributed by atoms with E-state index in [9.17, 15) is 4.79 Å². The highest BCUT2D eigenvalue weighted by atomic mass is 16.1. The van der Waals surface area contributed by atoms with E-state index in [0.717, 1.165) is 23.2 Å². The molecule has 22 heavy (non-hydrogen) atoms. The summed E-state index contributed by atoms with van der Waals surface area (Å²) < 4.78 is 1.89. The Balaban J connectivity index is 2.08. The van der Waals surface area contributed by atoms with Crippen LogP contribution in [0.5, 0.6) is 0 Å². The highest BCUT2D eigenvalue weighted by Crippen LogP contribution is 2.27. The maximum atomic E-state index is 12.6. The van der Waals surface area contributed by atoms with Gasteiger partial charge < -0.3 is 9.88 Å². The second-order valence-corrected chi connectivity index (χ2v) is 6.01. The zero-order valence-electron chi connectivity index (χ0n) is 13.5. The molecule has 0 unspecified atom stereocenters. The van der Waals surface area contributed by atoms with Gasteiger partial charge in [0.25, 0.3) is 5.56 Å². The fourth-order valence-corrected chi connectivity index (χ4v) is 3.41. The molecule has 1 aromatic heterocycles. The first kappa shape index (κ1) is 15.0. The van der Waals surface area contributed by atoms with Gasteiger partial charge in [-0.15, -0.1) is 0 Å². The van der Waals surface area contributed by atoms with Crippen molar-refractivity contribution in [3.05, 3.63) is 57.4 Å². The molecule has 2 aromatic rings. The molecule has 1 aliphatic carbocycles. The first-order chi connectivity index (χ1) is 10.7. The summed E-state index contributed by atoms with van der Waals surface area (Å²) in [5, 5.41) is 3.06. The largest absolute Gasteiger partial charge is 0.315 e. The van der Waals surface area contributed by atoms with Gasteiger partial charge in [0, 0.05) is 18.7 Å². The third-order valence-corrected chi connectivity index (χ3v) is 4.58. The van der Waals surface area contributed by atoms with Crippen LogP contribution >= 0.6 is 0 Å². The Hall–Kier alpha value is -1.87. The summed E-state index contributed by atoms with van der Waals surface area (Å²) in [5.74, 6) is 0. The van der Waals surface area contributed by atoms with Crippen LogP contribution in [0.3, 0.4) is 0 Å². The molecule has 1 aromatic carbocycles. The number of nitrogens with one attached hydrogen (secondary N) is 1. The van der Waals surface area contributed by atoms with E-state index in [2.05, 4.69) is 29.6 Å². The molecule has 116 valence electrons. The predicted octanol–water partition coefficient (Wildman–Crippen LogP) is 3.13. The Morgan fingerprint density at radius 2 is 1.86 bits per heavy atom. The number of aryl methyl sites for hydroxylation is 2. The quantitative estimate of drug-likeness (QED) is 0.940. The van der Waals surface area contributed by atoms with E-state index in [1.165, 1.54) is 30.4 Å². The third kappa shape index (κ3) is 2.73. The summed E-state index contributed by atoms with van der Waals surface area (Å²) in [4.78, 5) is 12.6. The zero-order valence-corrected chi connectivity index (χ0v) is 13.5. The number of pyridine rings is 1. The van der Waals surface area contributed by atoms with Crippen LogP contribution in [-0.2, 0) is 25.9 Å². The van der Waals surface area contributed by atoms with Gasteiger partial charge in [0.15, 0.2) is 0 Å². The lowest BCUT2D eigenvalue weighted by Crippen LogP contribution is -2.26. The van der Waals surface area contributed by atoms with Gasteiger partial charge >= 0.3 is 0 Å². The highest BCUT2D eigenvalue weighted by Gasteiger charge is 2.13. The van der Waals surface area contributed by atoms with Crippen molar-refractivity contribution in [2.45, 2.75) is 45.7 Å². The van der Waals surface area contributed by atoms with Crippen molar-refractivity contribution in [3.8, 4) is 11.3 Å². The Morgan fingerprint density at radius 1 is 1.09 bits per heavy atom. The molecular formula is C19H24N2O. The fourth-order valence-electron chi connectivity index (χ4n) is 3.41. The monoisotopic (exact) mass is 296 g/mol. The Bertz CT molecular complexity index is 731. The topological polar surface area (TPSA) is 34.0 Å². The normalized spacial score (nSPS) is 13.9. The molecule has 0 saturated carbocycles. The van der Waals surface area contributed by atoms with Gasteiger partial charge in [-0.1, -0.05) is 18.2 Å². The van der Waals surface area contributed by atoms with E-state index in [1.807, 2.05) is 24.6 Å². The third-order valence-electron chi connectivity index (χ3n) is 4.58. The highest BCUT2D eigenvalue weighted by molar-refractivity contribution is 5.62. The van der Waals surface area contributed by atoms with E-state index in [-0.39, 0.29) is 5.56 Å². The van der Waals surface area contributed by atoms with Gasteiger partial charge in [-0.05, 0) is 68.5 Å². The number of fused-ring (bicyclic) bond motifs is 1. The van der Waals surface area contributed by atoms with Crippen molar-refractivity contribution in [2.24, 2.45) is 0 Å². The van der Waals surface area contributed by atoms with Crippen LogP contribution in [0.15, 0.2) is 35.1 Å². The minimum absolute atomic E-state index is 0.118. The standard InChI is InChI=1S/C19H24N2O/c1-3-21-18(11-10-17(13-20-2)19(21)22)16-9-8-14-6-4-5-7-15(14)12-16/h8-12,20H,3-7,13H2,1-2H3. The molecule has 0 saturated heterocycles. The van der Waals surface area contributed by atoms with Gasteiger partial charge in [-0.25, -0.2) is 0 Å². The summed E-state index contributed by atoms with van der Waals surface area (Å²) in [5.41, 5.74) is 6.07. The van der Waals surface area contributed by atoms with Crippen molar-refractivity contribution < 1.29 is 0 Å². The summed E-state index contributed by atoms with van der Waals surface area (Å²) in [6.07, 6.45) is 4.93. The van der Waals surface area contributed by atoms with Crippen molar-refractivity contribution in [1.29, 1.82) is 0 Å². The van der Waals surface area contributed by atoms with Crippen LogP contribution in [0.25, 0.3) is 11.3 Å². The van der Waals surface area contributed by atoms with E-state index < -0.39 is 0 Å². The lowest BCUT2D eigenvalue weighted by Gasteiger charge is -2.18. The van der Waals surface area contributed by atoms with Crippen LogP contribution in [0.1, 0.15) is 36.5 Å². The lowest BCUT2D eigenvalue weighted by molar-refractivity contribution is 0.684. The molecule has 1 heterocycles. The molecule has 0 bridgehead atoms. The van der Waals surface area contributed by atoms with Gasteiger partial charge in [0.05, 0.1) is 5.69 Å². The minimum atomic E-state index is 0.118. The van der Waals surface area contributed by atoms with Crippen molar-refractivity contribution >= 4 is 0 Å². The zero-order chi connectivity index (χ0) is 15.5. The SMILES string of the molecule is CCn1c(-c2ccc3c(c2)CCCC3)ccc(CNC)c1=O. The fraction of sp³-hybridized carbons (Fsp3) is 0.421. The first-order valence-corrected chi connectivity index (χ1v) is 8.24. The van der Waals surface area contributed by atoms with Crippen LogP contribution in [-0.4, -0.2) is 11.6 Å². The Morgan fingerprint density at radius 3 is 2.59 bits per heavy atom. The number of benzene rings is 1. The molecule has 0 fully saturated rings. The van der Waals surface area contributed by atoms with Crippen LogP contribution in [0, 0.1) is 0 Å². The lowest BCUT2D eigenvalue weighted by atomic mass is 9.90. The van der Waals surface area contributed by atoms with E-state index in [1.54, 1.807) is 0 Å². The number of rotatable bonds is 4. The van der Waals surface area contributed by atoms with Gasteiger partial charge in [0.2, 0.25) is 0 Å². The molecular weight excluding hydrogens is 272 g/mol. The van der Waals surface area contributed by atoms with Gasteiger partial charge in [-0.3, -0.25) is 4.79 Å². The summed E-state index contributed by atoms with van der Waals surface area (Å²) in [7, 11) is 1.87. The maximum absolute atomic E-state index is 12.6. The molecule has 3 heteroatoms. The second-order valence-electron chi connectivity index (χ2n) is 6.01. The van der Waals surface area contributed by atoms with Crippen LogP contribution in [0.4, 0.5) is 0 Å². The molecule has 1 aliphatic rings. The second kappa shape index (κ2) is 6.49. The average Bonchev–Trinajstić information content (AvgIpc) is 2.56. The molecule has 1 N–H and O–H groups in total.